The highest BCUT2D eigenvalue weighted by molar-refractivity contribution is 6.16. The van der Waals surface area contributed by atoms with E-state index >= 15 is 0 Å². The Morgan fingerprint density at radius 1 is 1.64 bits per heavy atom. The summed E-state index contributed by atoms with van der Waals surface area (Å²) in [6, 6.07) is 0.300. The fourth-order valence-electron chi connectivity index (χ4n) is 1.50. The van der Waals surface area contributed by atoms with Crippen LogP contribution < -0.4 is 0 Å². The maximum atomic E-state index is 5.75. The summed E-state index contributed by atoms with van der Waals surface area (Å²) in [7, 11) is 1.70. The summed E-state index contributed by atoms with van der Waals surface area (Å²) in [5, 5.41) is 7.80. The van der Waals surface area contributed by atoms with Crippen molar-refractivity contribution in [2.75, 3.05) is 13.7 Å². The van der Waals surface area contributed by atoms with Crippen molar-refractivity contribution in [3.63, 3.8) is 0 Å². The highest BCUT2D eigenvalue weighted by Crippen LogP contribution is 2.16. The average molecular weight is 218 g/mol. The van der Waals surface area contributed by atoms with Crippen molar-refractivity contribution in [3.8, 4) is 0 Å². The van der Waals surface area contributed by atoms with Crippen LogP contribution in [0.5, 0.6) is 0 Å². The highest BCUT2D eigenvalue weighted by atomic mass is 35.5. The summed E-state index contributed by atoms with van der Waals surface area (Å²) in [4.78, 5) is 0. The molecule has 0 aliphatic carbocycles. The van der Waals surface area contributed by atoms with Crippen molar-refractivity contribution < 1.29 is 4.74 Å². The Kier molecular flexibility index (Phi) is 4.90. The summed E-state index contributed by atoms with van der Waals surface area (Å²) in [6.07, 6.45) is 3.88. The molecule has 1 unspecified atom stereocenters. The smallest absolute Gasteiger partial charge is 0.148 e. The fourth-order valence-corrected chi connectivity index (χ4v) is 1.69. The summed E-state index contributed by atoms with van der Waals surface area (Å²) < 4.78 is 7.16. The lowest BCUT2D eigenvalue weighted by atomic mass is 10.2. The van der Waals surface area contributed by atoms with Gasteiger partial charge in [-0.2, -0.15) is 0 Å². The topological polar surface area (TPSA) is 39.9 Å². The summed E-state index contributed by atoms with van der Waals surface area (Å²) in [6.45, 7) is 2.82. The number of rotatable bonds is 6. The van der Waals surface area contributed by atoms with Crippen LogP contribution in [0.2, 0.25) is 0 Å². The van der Waals surface area contributed by atoms with Crippen LogP contribution in [0.15, 0.2) is 6.33 Å². The molecule has 1 atom stereocenters. The first-order valence-electron chi connectivity index (χ1n) is 4.76. The molecule has 0 aromatic carbocycles. The van der Waals surface area contributed by atoms with E-state index in [4.69, 9.17) is 16.3 Å². The van der Waals surface area contributed by atoms with E-state index in [0.717, 1.165) is 18.7 Å². The number of alkyl halides is 1. The van der Waals surface area contributed by atoms with E-state index in [9.17, 15) is 0 Å². The van der Waals surface area contributed by atoms with Gasteiger partial charge in [0.2, 0.25) is 0 Å². The van der Waals surface area contributed by atoms with Gasteiger partial charge >= 0.3 is 0 Å². The van der Waals surface area contributed by atoms with Crippen molar-refractivity contribution >= 4 is 11.6 Å². The summed E-state index contributed by atoms with van der Waals surface area (Å²) >= 11 is 5.75. The van der Waals surface area contributed by atoms with Gasteiger partial charge in [-0.05, 0) is 6.42 Å². The second-order valence-corrected chi connectivity index (χ2v) is 3.45. The third kappa shape index (κ3) is 2.69. The Morgan fingerprint density at radius 3 is 3.00 bits per heavy atom. The van der Waals surface area contributed by atoms with Gasteiger partial charge in [0.05, 0.1) is 18.5 Å². The van der Waals surface area contributed by atoms with E-state index in [0.29, 0.717) is 18.5 Å². The first-order chi connectivity index (χ1) is 6.83. The van der Waals surface area contributed by atoms with E-state index in [1.165, 1.54) is 0 Å². The zero-order valence-electron chi connectivity index (χ0n) is 8.61. The Labute approximate surface area is 89.2 Å². The number of hydrogen-bond acceptors (Lipinski definition) is 3. The van der Waals surface area contributed by atoms with Gasteiger partial charge in [0.1, 0.15) is 12.2 Å². The Balaban J connectivity index is 2.75. The van der Waals surface area contributed by atoms with Gasteiger partial charge in [-0.3, -0.25) is 0 Å². The van der Waals surface area contributed by atoms with E-state index in [1.54, 1.807) is 13.4 Å². The standard InChI is InChI=1S/C9H16ClN3O/c1-3-4-8(6-14-2)13-7-11-12-9(13)5-10/h7-8H,3-6H2,1-2H3. The van der Waals surface area contributed by atoms with Crippen molar-refractivity contribution in [2.45, 2.75) is 31.7 Å². The molecule has 1 rings (SSSR count). The number of halogens is 1. The maximum absolute atomic E-state index is 5.75. The number of aromatic nitrogens is 3. The number of nitrogens with zero attached hydrogens (tertiary/aromatic N) is 3. The van der Waals surface area contributed by atoms with Gasteiger partial charge in [0.15, 0.2) is 0 Å². The van der Waals surface area contributed by atoms with E-state index in [-0.39, 0.29) is 0 Å². The predicted octanol–water partition coefficient (Wildman–Crippen LogP) is 2.00. The van der Waals surface area contributed by atoms with Crippen molar-refractivity contribution in [1.82, 2.24) is 14.8 Å². The predicted molar refractivity (Wildman–Crippen MR) is 55.4 cm³/mol. The molecule has 0 saturated carbocycles. The van der Waals surface area contributed by atoms with Crippen LogP contribution in [-0.2, 0) is 10.6 Å². The molecule has 1 aromatic rings. The van der Waals surface area contributed by atoms with Crippen molar-refractivity contribution in [3.05, 3.63) is 12.2 Å². The Bertz CT molecular complexity index is 258. The Hall–Kier alpha value is -0.610. The molecule has 0 aliphatic heterocycles. The number of methoxy groups -OCH3 is 1. The van der Waals surface area contributed by atoms with Gasteiger partial charge in [0.25, 0.3) is 0 Å². The van der Waals surface area contributed by atoms with E-state index < -0.39 is 0 Å². The minimum absolute atomic E-state index is 0.300. The fraction of sp³-hybridized carbons (Fsp3) is 0.778. The van der Waals surface area contributed by atoms with Gasteiger partial charge in [-0.1, -0.05) is 13.3 Å². The maximum Gasteiger partial charge on any atom is 0.148 e. The number of hydrogen-bond donors (Lipinski definition) is 0. The van der Waals surface area contributed by atoms with Gasteiger partial charge in [-0.25, -0.2) is 0 Å². The van der Waals surface area contributed by atoms with E-state index in [1.807, 2.05) is 4.57 Å². The summed E-state index contributed by atoms with van der Waals surface area (Å²) in [5.41, 5.74) is 0. The molecule has 0 radical (unpaired) electrons. The molecule has 4 nitrogen and oxygen atoms in total. The first kappa shape index (κ1) is 11.5. The largest absolute Gasteiger partial charge is 0.383 e. The molecule has 80 valence electrons. The van der Waals surface area contributed by atoms with Crippen LogP contribution in [0.25, 0.3) is 0 Å². The highest BCUT2D eigenvalue weighted by Gasteiger charge is 2.13. The molecule has 14 heavy (non-hydrogen) atoms. The Morgan fingerprint density at radius 2 is 2.43 bits per heavy atom. The van der Waals surface area contributed by atoms with Crippen molar-refractivity contribution in [2.24, 2.45) is 0 Å². The van der Waals surface area contributed by atoms with Crippen LogP contribution >= 0.6 is 11.6 Å². The van der Waals surface area contributed by atoms with Gasteiger partial charge in [-0.15, -0.1) is 21.8 Å². The molecule has 0 fully saturated rings. The summed E-state index contributed by atoms with van der Waals surface area (Å²) in [5.74, 6) is 1.20. The molecule has 0 saturated heterocycles. The molecule has 1 aromatic heterocycles. The lowest BCUT2D eigenvalue weighted by molar-refractivity contribution is 0.149. The number of ether oxygens (including phenoxy) is 1. The zero-order valence-corrected chi connectivity index (χ0v) is 9.37. The molecule has 0 aliphatic rings. The molecule has 0 amide bonds. The molecule has 5 heteroatoms. The third-order valence-corrected chi connectivity index (χ3v) is 2.38. The molecule has 0 N–H and O–H groups in total. The first-order valence-corrected chi connectivity index (χ1v) is 5.30. The van der Waals surface area contributed by atoms with Crippen LogP contribution in [0, 0.1) is 0 Å². The van der Waals surface area contributed by atoms with Crippen LogP contribution in [0.4, 0.5) is 0 Å². The quantitative estimate of drug-likeness (QED) is 0.685. The van der Waals surface area contributed by atoms with E-state index in [2.05, 4.69) is 17.1 Å². The average Bonchev–Trinajstić information content (AvgIpc) is 2.65. The normalized spacial score (nSPS) is 13.1. The van der Waals surface area contributed by atoms with Gasteiger partial charge in [0, 0.05) is 7.11 Å². The van der Waals surface area contributed by atoms with Gasteiger partial charge < -0.3 is 9.30 Å². The third-order valence-electron chi connectivity index (χ3n) is 2.14. The molecular weight excluding hydrogens is 202 g/mol. The molecule has 0 bridgehead atoms. The minimum Gasteiger partial charge on any atom is -0.383 e. The minimum atomic E-state index is 0.300. The second kappa shape index (κ2) is 5.98. The molecule has 0 spiro atoms. The SMILES string of the molecule is CCCC(COC)n1cnnc1CCl. The van der Waals surface area contributed by atoms with Crippen LogP contribution in [0.1, 0.15) is 31.6 Å². The lowest BCUT2D eigenvalue weighted by Crippen LogP contribution is -2.16. The lowest BCUT2D eigenvalue weighted by Gasteiger charge is -2.17. The van der Waals surface area contributed by atoms with Crippen LogP contribution in [-0.4, -0.2) is 28.5 Å². The van der Waals surface area contributed by atoms with Crippen molar-refractivity contribution in [1.29, 1.82) is 0 Å². The second-order valence-electron chi connectivity index (χ2n) is 3.19. The molecular formula is C9H16ClN3O. The zero-order chi connectivity index (χ0) is 10.4. The monoisotopic (exact) mass is 217 g/mol. The van der Waals surface area contributed by atoms with Crippen LogP contribution in [0.3, 0.4) is 0 Å². The molecule has 1 heterocycles.